The second-order valence-electron chi connectivity index (χ2n) is 10.9. The Morgan fingerprint density at radius 1 is 0.500 bits per heavy atom. The average Bonchev–Trinajstić information content (AvgIpc) is 2.73. The summed E-state index contributed by atoms with van der Waals surface area (Å²) < 4.78 is 0. The predicted molar refractivity (Wildman–Crippen MR) is 149 cm³/mol. The van der Waals surface area contributed by atoms with Gasteiger partial charge in [-0.25, -0.2) is 0 Å². The van der Waals surface area contributed by atoms with Crippen LogP contribution in [0.4, 0.5) is 11.4 Å². The fraction of sp³-hybridized carbons (Fsp3) is 0.600. The van der Waals surface area contributed by atoms with E-state index in [0.29, 0.717) is 23.7 Å². The Balaban J connectivity index is 0.00000578. The van der Waals surface area contributed by atoms with Gasteiger partial charge in [-0.05, 0) is 59.8 Å². The second kappa shape index (κ2) is 14.2. The maximum Gasteiger partial charge on any atom is 0.0411 e. The van der Waals surface area contributed by atoms with E-state index in [2.05, 4.69) is 109 Å². The Morgan fingerprint density at radius 3 is 1.00 bits per heavy atom. The molecule has 0 saturated heterocycles. The van der Waals surface area contributed by atoms with E-state index in [1.807, 2.05) is 0 Å². The molecule has 0 saturated carbocycles. The third kappa shape index (κ3) is 8.32. The first-order chi connectivity index (χ1) is 15.5. The molecular weight excluding hydrogens is 461 g/mol. The summed E-state index contributed by atoms with van der Waals surface area (Å²) in [6.45, 7) is 26.5. The molecule has 1 radical (unpaired) electrons. The largest absolute Gasteiger partial charge is 0.383 e. The van der Waals surface area contributed by atoms with E-state index in [9.17, 15) is 0 Å². The van der Waals surface area contributed by atoms with Gasteiger partial charge < -0.3 is 16.0 Å². The summed E-state index contributed by atoms with van der Waals surface area (Å²) in [5.74, 6) is 2.06. The van der Waals surface area contributed by atoms with E-state index in [1.54, 1.807) is 0 Å². The molecule has 0 fully saturated rings. The summed E-state index contributed by atoms with van der Waals surface area (Å²) in [6.07, 6.45) is 0. The number of hydrogen-bond donors (Lipinski definition) is 3. The summed E-state index contributed by atoms with van der Waals surface area (Å²) >= 11 is 0. The van der Waals surface area contributed by atoms with Crippen LogP contribution in [0.5, 0.6) is 0 Å². The van der Waals surface area contributed by atoms with E-state index in [-0.39, 0.29) is 16.8 Å². The standard InChI is InChI=1S/C30H49N3.Co/c1-19(2)25-15-23(9)16-26(20(3)4)29(25)32-13-11-31-12-14-33-30-27(21(5)6)17-24(10)18-28(30)22(7)8;/h15-22,31-33H,11-14H2,1-10H3;. The van der Waals surface area contributed by atoms with Crippen molar-refractivity contribution in [2.45, 2.75) is 92.9 Å². The minimum atomic E-state index is 0. The number of nitrogens with one attached hydrogen (secondary N) is 3. The van der Waals surface area contributed by atoms with Gasteiger partial charge in [0.05, 0.1) is 0 Å². The molecule has 0 unspecified atom stereocenters. The molecule has 4 heteroatoms. The van der Waals surface area contributed by atoms with Gasteiger partial charge >= 0.3 is 0 Å². The van der Waals surface area contributed by atoms with Gasteiger partial charge in [0.2, 0.25) is 0 Å². The summed E-state index contributed by atoms with van der Waals surface area (Å²) in [6, 6.07) is 9.37. The summed E-state index contributed by atoms with van der Waals surface area (Å²) in [7, 11) is 0. The molecule has 0 amide bonds. The topological polar surface area (TPSA) is 36.1 Å². The first-order valence-corrected chi connectivity index (χ1v) is 13.0. The smallest absolute Gasteiger partial charge is 0.0411 e. The van der Waals surface area contributed by atoms with Gasteiger partial charge in [0.15, 0.2) is 0 Å². The van der Waals surface area contributed by atoms with Crippen molar-refractivity contribution >= 4 is 11.4 Å². The van der Waals surface area contributed by atoms with Crippen LogP contribution in [0.3, 0.4) is 0 Å². The zero-order chi connectivity index (χ0) is 24.7. The molecule has 2 aromatic rings. The van der Waals surface area contributed by atoms with E-state index in [0.717, 1.165) is 26.2 Å². The molecule has 0 bridgehead atoms. The van der Waals surface area contributed by atoms with E-state index < -0.39 is 0 Å². The summed E-state index contributed by atoms with van der Waals surface area (Å²) in [4.78, 5) is 0. The van der Waals surface area contributed by atoms with Crippen molar-refractivity contribution in [2.75, 3.05) is 36.8 Å². The third-order valence-corrected chi connectivity index (χ3v) is 6.38. The van der Waals surface area contributed by atoms with Crippen LogP contribution in [0.2, 0.25) is 0 Å². The molecule has 3 nitrogen and oxygen atoms in total. The Labute approximate surface area is 220 Å². The van der Waals surface area contributed by atoms with Crippen LogP contribution in [0.1, 0.15) is 112 Å². The molecule has 0 aromatic heterocycles. The van der Waals surface area contributed by atoms with E-state index in [4.69, 9.17) is 0 Å². The van der Waals surface area contributed by atoms with Crippen molar-refractivity contribution in [3.63, 3.8) is 0 Å². The van der Waals surface area contributed by atoms with Crippen molar-refractivity contribution in [1.82, 2.24) is 5.32 Å². The van der Waals surface area contributed by atoms with Gasteiger partial charge in [0, 0.05) is 54.3 Å². The number of hydrogen-bond acceptors (Lipinski definition) is 3. The summed E-state index contributed by atoms with van der Waals surface area (Å²) in [5, 5.41) is 11.1. The molecule has 0 heterocycles. The minimum absolute atomic E-state index is 0. The van der Waals surface area contributed by atoms with Crippen LogP contribution < -0.4 is 16.0 Å². The maximum absolute atomic E-state index is 3.75. The first kappa shape index (κ1) is 30.5. The predicted octanol–water partition coefficient (Wildman–Crippen LogP) is 7.91. The van der Waals surface area contributed by atoms with Crippen LogP contribution >= 0.6 is 0 Å². The summed E-state index contributed by atoms with van der Waals surface area (Å²) in [5.41, 5.74) is 11.1. The van der Waals surface area contributed by atoms with Crippen LogP contribution in [0, 0.1) is 13.8 Å². The normalized spacial score (nSPS) is 11.5. The molecule has 0 atom stereocenters. The number of benzene rings is 2. The Kier molecular flexibility index (Phi) is 12.7. The number of anilines is 2. The Morgan fingerprint density at radius 2 is 0.765 bits per heavy atom. The molecule has 193 valence electrons. The SMILES string of the molecule is Cc1cc(C(C)C)c(NCCNCCNc2c(C(C)C)cc(C)cc2C(C)C)c(C(C)C)c1.[Co]. The second-order valence-corrected chi connectivity index (χ2v) is 10.9. The van der Waals surface area contributed by atoms with Gasteiger partial charge in [-0.2, -0.15) is 0 Å². The van der Waals surface area contributed by atoms with E-state index >= 15 is 0 Å². The number of rotatable bonds is 12. The maximum atomic E-state index is 3.75. The van der Waals surface area contributed by atoms with Crippen LogP contribution in [0.25, 0.3) is 0 Å². The van der Waals surface area contributed by atoms with Gasteiger partial charge in [0.25, 0.3) is 0 Å². The Bertz CT molecular complexity index is 768. The number of aryl methyl sites for hydroxylation is 2. The fourth-order valence-corrected chi connectivity index (χ4v) is 4.59. The van der Waals surface area contributed by atoms with Crippen molar-refractivity contribution in [1.29, 1.82) is 0 Å². The van der Waals surface area contributed by atoms with E-state index in [1.165, 1.54) is 44.8 Å². The van der Waals surface area contributed by atoms with Gasteiger partial charge in [0.1, 0.15) is 0 Å². The molecule has 0 aliphatic rings. The zero-order valence-corrected chi connectivity index (χ0v) is 24.3. The molecule has 2 rings (SSSR count). The average molecular weight is 511 g/mol. The van der Waals surface area contributed by atoms with Crippen LogP contribution in [-0.4, -0.2) is 26.2 Å². The molecule has 3 N–H and O–H groups in total. The zero-order valence-electron chi connectivity index (χ0n) is 23.3. The first-order valence-electron chi connectivity index (χ1n) is 13.0. The van der Waals surface area contributed by atoms with Crippen molar-refractivity contribution in [3.8, 4) is 0 Å². The van der Waals surface area contributed by atoms with Crippen molar-refractivity contribution in [2.24, 2.45) is 0 Å². The molecule has 0 spiro atoms. The molecular formula is C30H49CoN3. The quantitative estimate of drug-likeness (QED) is 0.254. The Hall–Kier alpha value is -1.49. The third-order valence-electron chi connectivity index (χ3n) is 6.38. The van der Waals surface area contributed by atoms with Crippen molar-refractivity contribution < 1.29 is 16.8 Å². The fourth-order valence-electron chi connectivity index (χ4n) is 4.59. The molecule has 34 heavy (non-hydrogen) atoms. The van der Waals surface area contributed by atoms with Crippen LogP contribution in [0.15, 0.2) is 24.3 Å². The monoisotopic (exact) mass is 510 g/mol. The van der Waals surface area contributed by atoms with Gasteiger partial charge in [-0.3, -0.25) is 0 Å². The molecule has 0 aliphatic heterocycles. The molecule has 2 aromatic carbocycles. The van der Waals surface area contributed by atoms with Gasteiger partial charge in [-0.15, -0.1) is 0 Å². The van der Waals surface area contributed by atoms with Crippen molar-refractivity contribution in [3.05, 3.63) is 57.6 Å². The van der Waals surface area contributed by atoms with Gasteiger partial charge in [-0.1, -0.05) is 90.8 Å². The van der Waals surface area contributed by atoms with Crippen LogP contribution in [-0.2, 0) is 16.8 Å². The minimum Gasteiger partial charge on any atom is -0.383 e. The molecule has 0 aliphatic carbocycles.